The van der Waals surface area contributed by atoms with Gasteiger partial charge in [0, 0.05) is 17.4 Å². The number of H-pyrrole nitrogens is 2. The molecule has 2 aromatic heterocycles. The van der Waals surface area contributed by atoms with Gasteiger partial charge in [-0.15, -0.1) is 0 Å². The van der Waals surface area contributed by atoms with E-state index in [9.17, 15) is 4.79 Å². The molecule has 2 heterocycles. The van der Waals surface area contributed by atoms with Gasteiger partial charge < -0.3 is 15.3 Å². The van der Waals surface area contributed by atoms with E-state index >= 15 is 0 Å². The fraction of sp³-hybridized carbons (Fsp3) is 0.0667. The van der Waals surface area contributed by atoms with Crippen LogP contribution in [0.5, 0.6) is 0 Å². The smallest absolute Gasteiger partial charge is 0.254 e. The van der Waals surface area contributed by atoms with Crippen molar-refractivity contribution in [2.45, 2.75) is 6.54 Å². The lowest BCUT2D eigenvalue weighted by Crippen LogP contribution is -2.23. The van der Waals surface area contributed by atoms with E-state index in [-0.39, 0.29) is 5.91 Å². The Morgan fingerprint density at radius 2 is 2.05 bits per heavy atom. The first-order valence-corrected chi connectivity index (χ1v) is 6.67. The molecular formula is C15H13N3OS. The van der Waals surface area contributed by atoms with Crippen molar-refractivity contribution in [2.75, 3.05) is 0 Å². The van der Waals surface area contributed by atoms with E-state index < -0.39 is 0 Å². The molecule has 20 heavy (non-hydrogen) atoms. The number of aromatic nitrogens is 2. The molecule has 4 nitrogen and oxygen atoms in total. The number of pyridine rings is 1. The zero-order valence-electron chi connectivity index (χ0n) is 10.6. The molecule has 0 fully saturated rings. The molecule has 3 rings (SSSR count). The molecule has 3 aromatic rings. The predicted molar refractivity (Wildman–Crippen MR) is 81.1 cm³/mol. The number of carbonyl (C=O) groups is 1. The number of aromatic amines is 2. The summed E-state index contributed by atoms with van der Waals surface area (Å²) in [7, 11) is 0. The van der Waals surface area contributed by atoms with Gasteiger partial charge >= 0.3 is 0 Å². The van der Waals surface area contributed by atoms with E-state index in [0.717, 1.165) is 16.6 Å². The average Bonchev–Trinajstić information content (AvgIpc) is 2.88. The number of benzene rings is 1. The van der Waals surface area contributed by atoms with Crippen molar-refractivity contribution in [3.63, 3.8) is 0 Å². The summed E-state index contributed by atoms with van der Waals surface area (Å²) in [5.41, 5.74) is 2.51. The number of hydrogen-bond donors (Lipinski definition) is 3. The summed E-state index contributed by atoms with van der Waals surface area (Å²) < 4.78 is 0.446. The Kier molecular flexibility index (Phi) is 3.35. The monoisotopic (exact) mass is 283 g/mol. The second-order valence-electron chi connectivity index (χ2n) is 4.48. The minimum absolute atomic E-state index is 0.175. The Morgan fingerprint density at radius 1 is 1.20 bits per heavy atom. The normalized spacial score (nSPS) is 10.6. The van der Waals surface area contributed by atoms with Crippen molar-refractivity contribution < 1.29 is 4.79 Å². The Labute approximate surface area is 120 Å². The van der Waals surface area contributed by atoms with E-state index in [1.807, 2.05) is 30.3 Å². The van der Waals surface area contributed by atoms with E-state index in [2.05, 4.69) is 15.3 Å². The van der Waals surface area contributed by atoms with Crippen LogP contribution in [0.15, 0.2) is 48.7 Å². The minimum Gasteiger partial charge on any atom is -0.357 e. The van der Waals surface area contributed by atoms with Crippen molar-refractivity contribution in [2.24, 2.45) is 0 Å². The standard InChI is InChI=1S/C15H13N3OS/c19-14(12-5-3-7-16-15(12)20)17-9-11-8-10-4-1-2-6-13(10)18-11/h1-8,18H,9H2,(H,16,20)(H,17,19). The lowest BCUT2D eigenvalue weighted by molar-refractivity contribution is 0.0949. The zero-order chi connectivity index (χ0) is 13.9. The highest BCUT2D eigenvalue weighted by Crippen LogP contribution is 2.14. The maximum atomic E-state index is 12.0. The van der Waals surface area contributed by atoms with Crippen molar-refractivity contribution in [3.8, 4) is 0 Å². The Balaban J connectivity index is 1.75. The van der Waals surface area contributed by atoms with Gasteiger partial charge in [-0.1, -0.05) is 30.4 Å². The second-order valence-corrected chi connectivity index (χ2v) is 4.89. The number of hydrogen-bond acceptors (Lipinski definition) is 2. The fourth-order valence-electron chi connectivity index (χ4n) is 2.10. The lowest BCUT2D eigenvalue weighted by atomic mass is 10.2. The predicted octanol–water partition coefficient (Wildman–Crippen LogP) is 3.16. The van der Waals surface area contributed by atoms with Gasteiger partial charge in [0.25, 0.3) is 5.91 Å². The molecule has 0 atom stereocenters. The third kappa shape index (κ3) is 2.48. The highest BCUT2D eigenvalue weighted by molar-refractivity contribution is 7.71. The molecule has 5 heteroatoms. The van der Waals surface area contributed by atoms with Crippen LogP contribution in [0.25, 0.3) is 10.9 Å². The summed E-state index contributed by atoms with van der Waals surface area (Å²) in [6, 6.07) is 13.5. The van der Waals surface area contributed by atoms with Crippen molar-refractivity contribution in [1.29, 1.82) is 0 Å². The highest BCUT2D eigenvalue weighted by Gasteiger charge is 2.07. The second kappa shape index (κ2) is 5.30. The molecule has 0 unspecified atom stereocenters. The number of amides is 1. The Hall–Kier alpha value is -2.40. The first kappa shape index (κ1) is 12.6. The van der Waals surface area contributed by atoms with Gasteiger partial charge in [-0.05, 0) is 29.7 Å². The molecule has 0 radical (unpaired) electrons. The molecule has 1 amide bonds. The van der Waals surface area contributed by atoms with Crippen molar-refractivity contribution >= 4 is 29.0 Å². The van der Waals surface area contributed by atoms with Gasteiger partial charge in [0.2, 0.25) is 0 Å². The molecule has 0 aliphatic carbocycles. The topological polar surface area (TPSA) is 60.7 Å². The van der Waals surface area contributed by atoms with E-state index in [0.29, 0.717) is 16.7 Å². The third-order valence-corrected chi connectivity index (χ3v) is 3.43. The lowest BCUT2D eigenvalue weighted by Gasteiger charge is -2.03. The Bertz CT molecular complexity index is 786. The molecule has 100 valence electrons. The third-order valence-electron chi connectivity index (χ3n) is 3.09. The van der Waals surface area contributed by atoms with E-state index in [1.54, 1.807) is 18.3 Å². The first-order valence-electron chi connectivity index (χ1n) is 6.26. The molecule has 0 aliphatic heterocycles. The molecule has 0 aliphatic rings. The molecule has 0 spiro atoms. The fourth-order valence-corrected chi connectivity index (χ4v) is 2.33. The van der Waals surface area contributed by atoms with Crippen LogP contribution in [-0.4, -0.2) is 15.9 Å². The van der Waals surface area contributed by atoms with Crippen LogP contribution in [0.2, 0.25) is 0 Å². The van der Waals surface area contributed by atoms with Crippen LogP contribution in [0.3, 0.4) is 0 Å². The van der Waals surface area contributed by atoms with Gasteiger partial charge in [-0.3, -0.25) is 4.79 Å². The van der Waals surface area contributed by atoms with Crippen LogP contribution >= 0.6 is 12.2 Å². The molecule has 0 bridgehead atoms. The van der Waals surface area contributed by atoms with Crippen LogP contribution in [0, 0.1) is 4.64 Å². The number of fused-ring (bicyclic) bond motifs is 1. The quantitative estimate of drug-likeness (QED) is 0.647. The summed E-state index contributed by atoms with van der Waals surface area (Å²) in [6.07, 6.45) is 1.71. The molecule has 1 aromatic carbocycles. The number of carbonyl (C=O) groups excluding carboxylic acids is 1. The van der Waals surface area contributed by atoms with Crippen molar-refractivity contribution in [3.05, 3.63) is 64.6 Å². The van der Waals surface area contributed by atoms with Gasteiger partial charge in [-0.2, -0.15) is 0 Å². The number of nitrogens with one attached hydrogen (secondary N) is 3. The van der Waals surface area contributed by atoms with Gasteiger partial charge in [0.15, 0.2) is 0 Å². The number of rotatable bonds is 3. The summed E-state index contributed by atoms with van der Waals surface area (Å²) >= 11 is 5.09. The van der Waals surface area contributed by atoms with E-state index in [1.165, 1.54) is 0 Å². The molecule has 3 N–H and O–H groups in total. The minimum atomic E-state index is -0.175. The van der Waals surface area contributed by atoms with Crippen LogP contribution in [0.4, 0.5) is 0 Å². The molecule has 0 saturated heterocycles. The zero-order valence-corrected chi connectivity index (χ0v) is 11.5. The molecule has 0 saturated carbocycles. The van der Waals surface area contributed by atoms with Gasteiger partial charge in [0.1, 0.15) is 4.64 Å². The van der Waals surface area contributed by atoms with Crippen LogP contribution < -0.4 is 5.32 Å². The maximum absolute atomic E-state index is 12.0. The van der Waals surface area contributed by atoms with E-state index in [4.69, 9.17) is 12.2 Å². The van der Waals surface area contributed by atoms with Crippen LogP contribution in [-0.2, 0) is 6.54 Å². The largest absolute Gasteiger partial charge is 0.357 e. The summed E-state index contributed by atoms with van der Waals surface area (Å²) in [5, 5.41) is 3.99. The van der Waals surface area contributed by atoms with Gasteiger partial charge in [0.05, 0.1) is 12.1 Å². The Morgan fingerprint density at radius 3 is 2.85 bits per heavy atom. The summed E-state index contributed by atoms with van der Waals surface area (Å²) in [4.78, 5) is 18.2. The first-order chi connectivity index (χ1) is 9.74. The highest BCUT2D eigenvalue weighted by atomic mass is 32.1. The van der Waals surface area contributed by atoms with Crippen LogP contribution in [0.1, 0.15) is 16.1 Å². The summed E-state index contributed by atoms with van der Waals surface area (Å²) in [5.74, 6) is -0.175. The van der Waals surface area contributed by atoms with Crippen molar-refractivity contribution in [1.82, 2.24) is 15.3 Å². The molecular weight excluding hydrogens is 270 g/mol. The average molecular weight is 283 g/mol. The summed E-state index contributed by atoms with van der Waals surface area (Å²) in [6.45, 7) is 0.442. The maximum Gasteiger partial charge on any atom is 0.254 e. The van der Waals surface area contributed by atoms with Gasteiger partial charge in [-0.25, -0.2) is 0 Å². The SMILES string of the molecule is O=C(NCc1cc2ccccc2[nH]1)c1ccc[nH]c1=S. The number of para-hydroxylation sites is 1.